The van der Waals surface area contributed by atoms with Gasteiger partial charge in [0.25, 0.3) is 0 Å². The fourth-order valence-electron chi connectivity index (χ4n) is 2.91. The Morgan fingerprint density at radius 3 is 2.41 bits per heavy atom. The van der Waals surface area contributed by atoms with Gasteiger partial charge in [0.15, 0.2) is 0 Å². The predicted octanol–water partition coefficient (Wildman–Crippen LogP) is 2.49. The van der Waals surface area contributed by atoms with Gasteiger partial charge in [0, 0.05) is 13.1 Å². The summed E-state index contributed by atoms with van der Waals surface area (Å²) in [5.41, 5.74) is -0.345. The second kappa shape index (κ2) is 7.85. The van der Waals surface area contributed by atoms with Gasteiger partial charge >= 0.3 is 17.5 Å². The molecule has 10 nitrogen and oxygen atoms in total. The number of aromatic nitrogens is 2. The summed E-state index contributed by atoms with van der Waals surface area (Å²) in [4.78, 5) is 31.8. The number of carboxylic acid groups (broad SMARTS) is 1. The van der Waals surface area contributed by atoms with E-state index in [9.17, 15) is 14.9 Å². The molecule has 1 aromatic heterocycles. The normalized spacial score (nSPS) is 14.6. The molecule has 1 aromatic carbocycles. The maximum Gasteiger partial charge on any atom is 0.373 e. The summed E-state index contributed by atoms with van der Waals surface area (Å²) in [5, 5.41) is 20.8. The fourth-order valence-corrected chi connectivity index (χ4v) is 2.91. The molecule has 1 fully saturated rings. The summed E-state index contributed by atoms with van der Waals surface area (Å²) in [6.07, 6.45) is 1.99. The van der Waals surface area contributed by atoms with Crippen LogP contribution in [0.1, 0.15) is 12.8 Å². The number of methoxy groups -OCH3 is 1. The summed E-state index contributed by atoms with van der Waals surface area (Å²) < 4.78 is 10.7. The minimum absolute atomic E-state index is 0.127. The van der Waals surface area contributed by atoms with Gasteiger partial charge in [-0.3, -0.25) is 14.9 Å². The molecule has 10 heteroatoms. The highest BCUT2D eigenvalue weighted by Gasteiger charge is 2.32. The summed E-state index contributed by atoms with van der Waals surface area (Å²) in [5.74, 6) is -0.347. The Balaban J connectivity index is 1.86. The largest absolute Gasteiger partial charge is 0.497 e. The zero-order chi connectivity index (χ0) is 19.4. The zero-order valence-corrected chi connectivity index (χ0v) is 14.6. The highest BCUT2D eigenvalue weighted by Crippen LogP contribution is 2.37. The number of benzene rings is 1. The highest BCUT2D eigenvalue weighted by molar-refractivity contribution is 5.71. The number of aliphatic carboxylic acids is 1. The van der Waals surface area contributed by atoms with Gasteiger partial charge in [0.2, 0.25) is 5.82 Å². The first-order valence-corrected chi connectivity index (χ1v) is 8.28. The van der Waals surface area contributed by atoms with Gasteiger partial charge in [-0.15, -0.1) is 0 Å². The monoisotopic (exact) mass is 374 g/mol. The van der Waals surface area contributed by atoms with E-state index in [0.717, 1.165) is 0 Å². The number of nitro groups is 1. The summed E-state index contributed by atoms with van der Waals surface area (Å²) in [7, 11) is 1.53. The van der Waals surface area contributed by atoms with Gasteiger partial charge in [0.1, 0.15) is 17.8 Å². The van der Waals surface area contributed by atoms with Crippen molar-refractivity contribution in [2.45, 2.75) is 12.8 Å². The van der Waals surface area contributed by atoms with E-state index in [-0.39, 0.29) is 17.4 Å². The summed E-state index contributed by atoms with van der Waals surface area (Å²) in [6, 6.07) is 6.56. The number of anilines is 1. The predicted molar refractivity (Wildman–Crippen MR) is 94.3 cm³/mol. The molecule has 0 amide bonds. The number of nitrogens with zero attached hydrogens (tertiary/aromatic N) is 4. The maximum absolute atomic E-state index is 11.7. The minimum atomic E-state index is -0.852. The summed E-state index contributed by atoms with van der Waals surface area (Å²) >= 11 is 0. The fraction of sp³-hybridized carbons (Fsp3) is 0.353. The minimum Gasteiger partial charge on any atom is -0.497 e. The van der Waals surface area contributed by atoms with Crippen LogP contribution < -0.4 is 14.4 Å². The zero-order valence-electron chi connectivity index (χ0n) is 14.6. The van der Waals surface area contributed by atoms with Crippen LogP contribution >= 0.6 is 0 Å². The van der Waals surface area contributed by atoms with E-state index in [1.165, 1.54) is 13.4 Å². The van der Waals surface area contributed by atoms with Crippen molar-refractivity contribution in [1.82, 2.24) is 9.97 Å². The van der Waals surface area contributed by atoms with Gasteiger partial charge in [-0.05, 0) is 37.1 Å². The molecule has 0 bridgehead atoms. The van der Waals surface area contributed by atoms with Crippen molar-refractivity contribution in [2.24, 2.45) is 5.92 Å². The molecule has 0 aliphatic carbocycles. The molecule has 2 aromatic rings. The van der Waals surface area contributed by atoms with Crippen LogP contribution in [-0.4, -0.2) is 46.2 Å². The van der Waals surface area contributed by atoms with Gasteiger partial charge < -0.3 is 19.5 Å². The number of hydrogen-bond acceptors (Lipinski definition) is 8. The van der Waals surface area contributed by atoms with Crippen molar-refractivity contribution in [2.75, 3.05) is 25.1 Å². The van der Waals surface area contributed by atoms with Crippen LogP contribution in [0.25, 0.3) is 0 Å². The van der Waals surface area contributed by atoms with Crippen molar-refractivity contribution < 1.29 is 24.3 Å². The molecule has 1 saturated heterocycles. The average Bonchev–Trinajstić information content (AvgIpc) is 2.68. The van der Waals surface area contributed by atoms with Crippen molar-refractivity contribution in [3.8, 4) is 17.4 Å². The molecule has 0 saturated carbocycles. The lowest BCUT2D eigenvalue weighted by Crippen LogP contribution is -2.37. The van der Waals surface area contributed by atoms with Gasteiger partial charge in [-0.25, -0.2) is 4.98 Å². The SMILES string of the molecule is COc1ccc(Oc2ncnc(N3CCC(C(=O)O)CC3)c2[N+](=O)[O-])cc1. The smallest absolute Gasteiger partial charge is 0.373 e. The second-order valence-corrected chi connectivity index (χ2v) is 5.99. The van der Waals surface area contributed by atoms with Crippen molar-refractivity contribution in [3.63, 3.8) is 0 Å². The van der Waals surface area contributed by atoms with Gasteiger partial charge in [-0.1, -0.05) is 0 Å². The topological polar surface area (TPSA) is 128 Å². The lowest BCUT2D eigenvalue weighted by atomic mass is 9.97. The van der Waals surface area contributed by atoms with Gasteiger partial charge in [0.05, 0.1) is 18.0 Å². The molecule has 1 aliphatic heterocycles. The maximum atomic E-state index is 11.7. The van der Waals surface area contributed by atoms with Crippen LogP contribution in [0, 0.1) is 16.0 Å². The Kier molecular flexibility index (Phi) is 5.34. The van der Waals surface area contributed by atoms with E-state index < -0.39 is 16.8 Å². The van der Waals surface area contributed by atoms with Crippen molar-refractivity contribution in [1.29, 1.82) is 0 Å². The first-order chi connectivity index (χ1) is 13.0. The third-order valence-corrected chi connectivity index (χ3v) is 4.37. The van der Waals surface area contributed by atoms with E-state index in [1.54, 1.807) is 29.2 Å². The van der Waals surface area contributed by atoms with Crippen LogP contribution in [0.15, 0.2) is 30.6 Å². The molecular formula is C17H18N4O6. The van der Waals surface area contributed by atoms with E-state index in [2.05, 4.69) is 9.97 Å². The first kappa shape index (κ1) is 18.4. The Morgan fingerprint density at radius 1 is 1.22 bits per heavy atom. The average molecular weight is 374 g/mol. The first-order valence-electron chi connectivity index (χ1n) is 8.28. The number of piperidine rings is 1. The molecule has 27 heavy (non-hydrogen) atoms. The molecule has 0 atom stereocenters. The van der Waals surface area contributed by atoms with Crippen LogP contribution in [0.5, 0.6) is 17.4 Å². The molecule has 1 aliphatic rings. The Bertz CT molecular complexity index is 834. The Morgan fingerprint density at radius 2 is 1.85 bits per heavy atom. The third-order valence-electron chi connectivity index (χ3n) is 4.37. The number of carboxylic acids is 1. The third kappa shape index (κ3) is 4.05. The van der Waals surface area contributed by atoms with E-state index in [4.69, 9.17) is 14.6 Å². The number of rotatable bonds is 6. The van der Waals surface area contributed by atoms with Gasteiger partial charge in [-0.2, -0.15) is 4.98 Å². The highest BCUT2D eigenvalue weighted by atomic mass is 16.6. The second-order valence-electron chi connectivity index (χ2n) is 5.99. The molecule has 0 radical (unpaired) electrons. The van der Waals surface area contributed by atoms with E-state index >= 15 is 0 Å². The van der Waals surface area contributed by atoms with Crippen LogP contribution in [-0.2, 0) is 4.79 Å². The lowest BCUT2D eigenvalue weighted by Gasteiger charge is -2.30. The number of hydrogen-bond donors (Lipinski definition) is 1. The van der Waals surface area contributed by atoms with E-state index in [1.807, 2.05) is 0 Å². The molecule has 3 rings (SSSR count). The molecule has 1 N–H and O–H groups in total. The quantitative estimate of drug-likeness (QED) is 0.599. The molecule has 142 valence electrons. The van der Waals surface area contributed by atoms with Crippen LogP contribution in [0.2, 0.25) is 0 Å². The standard InChI is InChI=1S/C17H18N4O6/c1-26-12-2-4-13(5-3-12)27-16-14(21(24)25)15(18-10-19-16)20-8-6-11(7-9-20)17(22)23/h2-5,10-11H,6-9H2,1H3,(H,22,23). The number of ether oxygens (including phenoxy) is 2. The Labute approximate surface area is 154 Å². The lowest BCUT2D eigenvalue weighted by molar-refractivity contribution is -0.385. The van der Waals surface area contributed by atoms with E-state index in [0.29, 0.717) is 37.4 Å². The van der Waals surface area contributed by atoms with Crippen molar-refractivity contribution in [3.05, 3.63) is 40.7 Å². The summed E-state index contributed by atoms with van der Waals surface area (Å²) in [6.45, 7) is 0.716. The molecular weight excluding hydrogens is 356 g/mol. The molecule has 0 spiro atoms. The number of carbonyl (C=O) groups is 1. The molecule has 2 heterocycles. The van der Waals surface area contributed by atoms with Crippen LogP contribution in [0.3, 0.4) is 0 Å². The van der Waals surface area contributed by atoms with Crippen LogP contribution in [0.4, 0.5) is 11.5 Å². The van der Waals surface area contributed by atoms with Crippen molar-refractivity contribution >= 4 is 17.5 Å². The Hall–Kier alpha value is -3.43. The molecule has 0 unspecified atom stereocenters.